The molecule has 6 heteroatoms. The summed E-state index contributed by atoms with van der Waals surface area (Å²) in [6.07, 6.45) is 2.17. The lowest BCUT2D eigenvalue weighted by atomic mass is 10.1. The molecule has 132 valence electrons. The normalized spacial score (nSPS) is 14.2. The zero-order valence-corrected chi connectivity index (χ0v) is 14.4. The number of carbonyl (C=O) groups excluding carboxylic acids is 1. The first-order chi connectivity index (χ1) is 12.2. The molecule has 0 saturated carbocycles. The van der Waals surface area contributed by atoms with Gasteiger partial charge in [0.2, 0.25) is 5.91 Å². The summed E-state index contributed by atoms with van der Waals surface area (Å²) in [4.78, 5) is 18.8. The molecule has 3 rings (SSSR count). The second-order valence-corrected chi connectivity index (χ2v) is 5.93. The fourth-order valence-electron chi connectivity index (χ4n) is 2.69. The third kappa shape index (κ3) is 4.93. The van der Waals surface area contributed by atoms with Gasteiger partial charge in [0.25, 0.3) is 0 Å². The van der Waals surface area contributed by atoms with E-state index in [4.69, 9.17) is 9.47 Å². The van der Waals surface area contributed by atoms with Crippen LogP contribution >= 0.6 is 0 Å². The van der Waals surface area contributed by atoms with Crippen LogP contribution in [0.3, 0.4) is 0 Å². The Morgan fingerprint density at radius 1 is 1.16 bits per heavy atom. The fourth-order valence-corrected chi connectivity index (χ4v) is 2.69. The average molecular weight is 341 g/mol. The molecule has 1 aromatic carbocycles. The average Bonchev–Trinajstić information content (AvgIpc) is 2.68. The van der Waals surface area contributed by atoms with Crippen molar-refractivity contribution in [2.75, 3.05) is 38.3 Å². The number of pyridine rings is 1. The number of carbonyl (C=O) groups is 1. The van der Waals surface area contributed by atoms with E-state index in [1.807, 2.05) is 42.6 Å². The standard InChI is InChI=1S/C19H23N3O3/c1-24-17-5-2-15(3-6-17)12-19(23)21-14-16-4-7-18(20-13-16)22-8-10-25-11-9-22/h2-7,13H,8-12,14H2,1H3,(H,21,23). The smallest absolute Gasteiger partial charge is 0.224 e. The van der Waals surface area contributed by atoms with E-state index in [2.05, 4.69) is 15.2 Å². The summed E-state index contributed by atoms with van der Waals surface area (Å²) < 4.78 is 10.5. The first-order valence-corrected chi connectivity index (χ1v) is 8.42. The van der Waals surface area contributed by atoms with Crippen LogP contribution in [0.1, 0.15) is 11.1 Å². The quantitative estimate of drug-likeness (QED) is 0.868. The molecule has 1 fully saturated rings. The summed E-state index contributed by atoms with van der Waals surface area (Å²) in [5.41, 5.74) is 1.94. The highest BCUT2D eigenvalue weighted by atomic mass is 16.5. The zero-order chi connectivity index (χ0) is 17.5. The zero-order valence-electron chi connectivity index (χ0n) is 14.4. The van der Waals surface area contributed by atoms with Crippen LogP contribution in [0, 0.1) is 0 Å². The Morgan fingerprint density at radius 2 is 1.88 bits per heavy atom. The molecule has 0 bridgehead atoms. The minimum atomic E-state index is -0.0116. The van der Waals surface area contributed by atoms with Crippen molar-refractivity contribution in [3.8, 4) is 5.75 Å². The number of hydrogen-bond donors (Lipinski definition) is 1. The van der Waals surface area contributed by atoms with E-state index < -0.39 is 0 Å². The van der Waals surface area contributed by atoms with Gasteiger partial charge in [-0.2, -0.15) is 0 Å². The Kier molecular flexibility index (Phi) is 5.85. The number of nitrogens with one attached hydrogen (secondary N) is 1. The molecule has 1 aromatic heterocycles. The summed E-state index contributed by atoms with van der Waals surface area (Å²) >= 11 is 0. The van der Waals surface area contributed by atoms with Crippen molar-refractivity contribution in [3.05, 3.63) is 53.7 Å². The topological polar surface area (TPSA) is 63.7 Å². The SMILES string of the molecule is COc1ccc(CC(=O)NCc2ccc(N3CCOCC3)nc2)cc1. The molecule has 0 atom stereocenters. The fraction of sp³-hybridized carbons (Fsp3) is 0.368. The first kappa shape index (κ1) is 17.2. The number of benzene rings is 1. The maximum atomic E-state index is 12.1. The number of amides is 1. The highest BCUT2D eigenvalue weighted by Gasteiger charge is 2.12. The molecule has 2 aromatic rings. The summed E-state index contributed by atoms with van der Waals surface area (Å²) in [5, 5.41) is 2.93. The summed E-state index contributed by atoms with van der Waals surface area (Å²) in [6.45, 7) is 3.69. The number of methoxy groups -OCH3 is 1. The van der Waals surface area contributed by atoms with Crippen LogP contribution in [0.2, 0.25) is 0 Å². The number of anilines is 1. The number of nitrogens with zero attached hydrogens (tertiary/aromatic N) is 2. The van der Waals surface area contributed by atoms with Gasteiger partial charge in [0.15, 0.2) is 0 Å². The van der Waals surface area contributed by atoms with Gasteiger partial charge in [-0.1, -0.05) is 18.2 Å². The monoisotopic (exact) mass is 341 g/mol. The van der Waals surface area contributed by atoms with Gasteiger partial charge in [-0.15, -0.1) is 0 Å². The third-order valence-corrected chi connectivity index (χ3v) is 4.16. The van der Waals surface area contributed by atoms with Crippen LogP contribution in [0.15, 0.2) is 42.6 Å². The lowest BCUT2D eigenvalue weighted by molar-refractivity contribution is -0.120. The largest absolute Gasteiger partial charge is 0.497 e. The molecular formula is C19H23N3O3. The van der Waals surface area contributed by atoms with Crippen molar-refractivity contribution < 1.29 is 14.3 Å². The maximum absolute atomic E-state index is 12.1. The van der Waals surface area contributed by atoms with Crippen LogP contribution in [0.5, 0.6) is 5.75 Å². The third-order valence-electron chi connectivity index (χ3n) is 4.16. The van der Waals surface area contributed by atoms with Crippen molar-refractivity contribution in [1.29, 1.82) is 0 Å². The van der Waals surface area contributed by atoms with Crippen LogP contribution in [-0.4, -0.2) is 44.3 Å². The number of ether oxygens (including phenoxy) is 2. The summed E-state index contributed by atoms with van der Waals surface area (Å²) in [5.74, 6) is 1.73. The molecule has 0 aliphatic carbocycles. The number of aromatic nitrogens is 1. The van der Waals surface area contributed by atoms with Crippen LogP contribution in [0.4, 0.5) is 5.82 Å². The van der Waals surface area contributed by atoms with Crippen molar-refractivity contribution in [1.82, 2.24) is 10.3 Å². The molecule has 1 aliphatic rings. The second-order valence-electron chi connectivity index (χ2n) is 5.93. The maximum Gasteiger partial charge on any atom is 0.224 e. The molecule has 6 nitrogen and oxygen atoms in total. The van der Waals surface area contributed by atoms with Gasteiger partial charge in [0.05, 0.1) is 26.7 Å². The minimum absolute atomic E-state index is 0.0116. The van der Waals surface area contributed by atoms with Crippen molar-refractivity contribution in [2.45, 2.75) is 13.0 Å². The van der Waals surface area contributed by atoms with E-state index in [0.717, 1.165) is 49.0 Å². The van der Waals surface area contributed by atoms with E-state index in [9.17, 15) is 4.79 Å². The molecule has 1 aliphatic heterocycles. The van der Waals surface area contributed by atoms with Crippen LogP contribution < -0.4 is 15.0 Å². The predicted molar refractivity (Wildman–Crippen MR) is 95.8 cm³/mol. The van der Waals surface area contributed by atoms with Gasteiger partial charge in [0.1, 0.15) is 11.6 Å². The molecule has 0 radical (unpaired) electrons. The van der Waals surface area contributed by atoms with Gasteiger partial charge in [0, 0.05) is 25.8 Å². The lowest BCUT2D eigenvalue weighted by Gasteiger charge is -2.27. The first-order valence-electron chi connectivity index (χ1n) is 8.42. The summed E-state index contributed by atoms with van der Waals surface area (Å²) in [7, 11) is 1.63. The number of hydrogen-bond acceptors (Lipinski definition) is 5. The Hall–Kier alpha value is -2.60. The van der Waals surface area contributed by atoms with Gasteiger partial charge < -0.3 is 19.7 Å². The molecule has 1 amide bonds. The molecule has 0 unspecified atom stereocenters. The lowest BCUT2D eigenvalue weighted by Crippen LogP contribution is -2.36. The highest BCUT2D eigenvalue weighted by Crippen LogP contribution is 2.13. The van der Waals surface area contributed by atoms with E-state index in [0.29, 0.717) is 13.0 Å². The van der Waals surface area contributed by atoms with Crippen LogP contribution in [-0.2, 0) is 22.5 Å². The van der Waals surface area contributed by atoms with Gasteiger partial charge in [-0.05, 0) is 29.3 Å². The second kappa shape index (κ2) is 8.48. The van der Waals surface area contributed by atoms with Crippen molar-refractivity contribution in [3.63, 3.8) is 0 Å². The van der Waals surface area contributed by atoms with E-state index >= 15 is 0 Å². The predicted octanol–water partition coefficient (Wildman–Crippen LogP) is 1.79. The Morgan fingerprint density at radius 3 is 2.52 bits per heavy atom. The molecule has 25 heavy (non-hydrogen) atoms. The number of morpholine rings is 1. The van der Waals surface area contributed by atoms with Crippen LogP contribution in [0.25, 0.3) is 0 Å². The van der Waals surface area contributed by atoms with Crippen molar-refractivity contribution >= 4 is 11.7 Å². The molecule has 0 spiro atoms. The molecule has 1 N–H and O–H groups in total. The van der Waals surface area contributed by atoms with Crippen molar-refractivity contribution in [2.24, 2.45) is 0 Å². The minimum Gasteiger partial charge on any atom is -0.497 e. The highest BCUT2D eigenvalue weighted by molar-refractivity contribution is 5.78. The Labute approximate surface area is 147 Å². The molecule has 1 saturated heterocycles. The van der Waals surface area contributed by atoms with Gasteiger partial charge in [-0.25, -0.2) is 4.98 Å². The molecular weight excluding hydrogens is 318 g/mol. The van der Waals surface area contributed by atoms with Gasteiger partial charge in [-0.3, -0.25) is 4.79 Å². The Balaban J connectivity index is 1.47. The summed E-state index contributed by atoms with van der Waals surface area (Å²) in [6, 6.07) is 11.5. The van der Waals surface area contributed by atoms with Gasteiger partial charge >= 0.3 is 0 Å². The van der Waals surface area contributed by atoms with E-state index in [-0.39, 0.29) is 5.91 Å². The number of rotatable bonds is 6. The molecule has 2 heterocycles. The van der Waals surface area contributed by atoms with E-state index in [1.54, 1.807) is 7.11 Å². The Bertz CT molecular complexity index is 680. The van der Waals surface area contributed by atoms with E-state index in [1.165, 1.54) is 0 Å².